The van der Waals surface area contributed by atoms with Crippen LogP contribution in [-0.4, -0.2) is 41.1 Å². The van der Waals surface area contributed by atoms with Crippen LogP contribution in [0.15, 0.2) is 33.9 Å². The minimum absolute atomic E-state index is 0.102. The van der Waals surface area contributed by atoms with Gasteiger partial charge in [0.15, 0.2) is 0 Å². The van der Waals surface area contributed by atoms with Gasteiger partial charge in [0.05, 0.1) is 17.4 Å². The minimum atomic E-state index is -0.429. The SMILES string of the molecule is O=C(CSc1nnc(-c2ccccc2F)o1)NC[C@H]1CCCO1. The van der Waals surface area contributed by atoms with Gasteiger partial charge in [0.1, 0.15) is 5.82 Å². The summed E-state index contributed by atoms with van der Waals surface area (Å²) in [6.45, 7) is 1.28. The molecule has 1 aromatic carbocycles. The van der Waals surface area contributed by atoms with Crippen LogP contribution >= 0.6 is 11.8 Å². The third-order valence-corrected chi connectivity index (χ3v) is 4.21. The van der Waals surface area contributed by atoms with Crippen molar-refractivity contribution in [3.8, 4) is 11.5 Å². The Morgan fingerprint density at radius 2 is 2.26 bits per heavy atom. The summed E-state index contributed by atoms with van der Waals surface area (Å²) in [5, 5.41) is 10.7. The third kappa shape index (κ3) is 4.29. The van der Waals surface area contributed by atoms with E-state index in [2.05, 4.69) is 15.5 Å². The average Bonchev–Trinajstić information content (AvgIpc) is 3.23. The Balaban J connectivity index is 1.49. The van der Waals surface area contributed by atoms with E-state index in [4.69, 9.17) is 9.15 Å². The largest absolute Gasteiger partial charge is 0.411 e. The van der Waals surface area contributed by atoms with E-state index in [-0.39, 0.29) is 34.4 Å². The topological polar surface area (TPSA) is 77.2 Å². The van der Waals surface area contributed by atoms with Gasteiger partial charge in [-0.15, -0.1) is 10.2 Å². The Bertz CT molecular complexity index is 673. The Morgan fingerprint density at radius 3 is 3.04 bits per heavy atom. The molecule has 8 heteroatoms. The zero-order chi connectivity index (χ0) is 16.1. The maximum Gasteiger partial charge on any atom is 0.277 e. The second-order valence-electron chi connectivity index (χ2n) is 5.08. The van der Waals surface area contributed by atoms with E-state index in [1.807, 2.05) is 0 Å². The Hall–Kier alpha value is -1.93. The van der Waals surface area contributed by atoms with Gasteiger partial charge >= 0.3 is 0 Å². The Kier molecular flexibility index (Phi) is 5.24. The van der Waals surface area contributed by atoms with Crippen molar-refractivity contribution in [3.63, 3.8) is 0 Å². The van der Waals surface area contributed by atoms with E-state index < -0.39 is 5.82 Å². The van der Waals surface area contributed by atoms with E-state index in [1.54, 1.807) is 18.2 Å². The lowest BCUT2D eigenvalue weighted by molar-refractivity contribution is -0.119. The smallest absolute Gasteiger partial charge is 0.277 e. The fraction of sp³-hybridized carbons (Fsp3) is 0.400. The molecule has 6 nitrogen and oxygen atoms in total. The van der Waals surface area contributed by atoms with Crippen LogP contribution in [-0.2, 0) is 9.53 Å². The van der Waals surface area contributed by atoms with Crippen molar-refractivity contribution in [1.29, 1.82) is 0 Å². The monoisotopic (exact) mass is 337 g/mol. The van der Waals surface area contributed by atoms with Gasteiger partial charge in [-0.1, -0.05) is 23.9 Å². The molecule has 0 aliphatic carbocycles. The van der Waals surface area contributed by atoms with Crippen molar-refractivity contribution in [3.05, 3.63) is 30.1 Å². The zero-order valence-corrected chi connectivity index (χ0v) is 13.1. The molecular formula is C15H16FN3O3S. The predicted molar refractivity (Wildman–Crippen MR) is 82.4 cm³/mol. The number of benzene rings is 1. The highest BCUT2D eigenvalue weighted by Crippen LogP contribution is 2.24. The number of nitrogens with zero attached hydrogens (tertiary/aromatic N) is 2. The van der Waals surface area contributed by atoms with Crippen molar-refractivity contribution in [1.82, 2.24) is 15.5 Å². The normalized spacial score (nSPS) is 17.3. The second kappa shape index (κ2) is 7.56. The van der Waals surface area contributed by atoms with E-state index in [0.717, 1.165) is 31.2 Å². The summed E-state index contributed by atoms with van der Waals surface area (Å²) in [6.07, 6.45) is 2.12. The maximum atomic E-state index is 13.6. The van der Waals surface area contributed by atoms with Crippen molar-refractivity contribution in [2.45, 2.75) is 24.2 Å². The van der Waals surface area contributed by atoms with Gasteiger partial charge in [-0.05, 0) is 25.0 Å². The standard InChI is InChI=1S/C15H16FN3O3S/c16-12-6-2-1-5-11(12)14-18-19-15(22-14)23-9-13(20)17-8-10-4-3-7-21-10/h1-2,5-6,10H,3-4,7-9H2,(H,17,20)/t10-/m1/s1. The highest BCUT2D eigenvalue weighted by molar-refractivity contribution is 7.99. The van der Waals surface area contributed by atoms with Gasteiger partial charge in [0.2, 0.25) is 5.91 Å². The molecule has 1 atom stereocenters. The number of thioether (sulfide) groups is 1. The number of hydrogen-bond acceptors (Lipinski definition) is 6. The molecule has 2 aromatic rings. The summed E-state index contributed by atoms with van der Waals surface area (Å²) in [5.74, 6) is -0.297. The molecule has 0 spiro atoms. The highest BCUT2D eigenvalue weighted by Gasteiger charge is 2.17. The summed E-state index contributed by atoms with van der Waals surface area (Å²) in [6, 6.07) is 6.16. The van der Waals surface area contributed by atoms with Gasteiger partial charge in [-0.25, -0.2) is 4.39 Å². The molecule has 122 valence electrons. The van der Waals surface area contributed by atoms with Crippen LogP contribution in [0, 0.1) is 5.82 Å². The molecule has 0 unspecified atom stereocenters. The zero-order valence-electron chi connectivity index (χ0n) is 12.3. The number of aromatic nitrogens is 2. The lowest BCUT2D eigenvalue weighted by atomic mass is 10.2. The van der Waals surface area contributed by atoms with E-state index in [0.29, 0.717) is 6.54 Å². The summed E-state index contributed by atoms with van der Waals surface area (Å²) in [4.78, 5) is 11.8. The molecular weight excluding hydrogens is 321 g/mol. The van der Waals surface area contributed by atoms with Crippen LogP contribution in [0.1, 0.15) is 12.8 Å². The van der Waals surface area contributed by atoms with Gasteiger partial charge in [-0.3, -0.25) is 4.79 Å². The van der Waals surface area contributed by atoms with Crippen molar-refractivity contribution in [2.75, 3.05) is 18.9 Å². The average molecular weight is 337 g/mol. The van der Waals surface area contributed by atoms with Gasteiger partial charge in [-0.2, -0.15) is 0 Å². The number of ether oxygens (including phenoxy) is 1. The number of amides is 1. The Morgan fingerprint density at radius 1 is 1.39 bits per heavy atom. The minimum Gasteiger partial charge on any atom is -0.411 e. The number of hydrogen-bond donors (Lipinski definition) is 1. The van der Waals surface area contributed by atoms with Crippen LogP contribution in [0.25, 0.3) is 11.5 Å². The number of rotatable bonds is 6. The van der Waals surface area contributed by atoms with Crippen LogP contribution in [0.5, 0.6) is 0 Å². The quantitative estimate of drug-likeness (QED) is 0.815. The van der Waals surface area contributed by atoms with Crippen molar-refractivity contribution < 1.29 is 18.3 Å². The first kappa shape index (κ1) is 15.9. The van der Waals surface area contributed by atoms with Crippen molar-refractivity contribution in [2.24, 2.45) is 0 Å². The lowest BCUT2D eigenvalue weighted by Crippen LogP contribution is -2.32. The second-order valence-corrected chi connectivity index (χ2v) is 6.01. The third-order valence-electron chi connectivity index (χ3n) is 3.39. The highest BCUT2D eigenvalue weighted by atomic mass is 32.2. The lowest BCUT2D eigenvalue weighted by Gasteiger charge is -2.09. The number of nitrogens with one attached hydrogen (secondary N) is 1. The molecule has 3 rings (SSSR count). The van der Waals surface area contributed by atoms with E-state index in [9.17, 15) is 9.18 Å². The van der Waals surface area contributed by atoms with Gasteiger partial charge in [0, 0.05) is 13.2 Å². The van der Waals surface area contributed by atoms with Crippen LogP contribution < -0.4 is 5.32 Å². The molecule has 1 aliphatic rings. The van der Waals surface area contributed by atoms with Crippen LogP contribution in [0.2, 0.25) is 0 Å². The molecule has 1 fully saturated rings. The maximum absolute atomic E-state index is 13.6. The molecule has 1 amide bonds. The van der Waals surface area contributed by atoms with Gasteiger partial charge in [0.25, 0.3) is 11.1 Å². The fourth-order valence-electron chi connectivity index (χ4n) is 2.22. The summed E-state index contributed by atoms with van der Waals surface area (Å²) >= 11 is 1.12. The molecule has 1 saturated heterocycles. The Labute approximate surface area is 136 Å². The first-order valence-electron chi connectivity index (χ1n) is 7.32. The number of carbonyl (C=O) groups is 1. The molecule has 1 aliphatic heterocycles. The first-order chi connectivity index (χ1) is 11.2. The first-order valence-corrected chi connectivity index (χ1v) is 8.30. The molecule has 2 heterocycles. The molecule has 1 N–H and O–H groups in total. The number of carbonyl (C=O) groups excluding carboxylic acids is 1. The van der Waals surface area contributed by atoms with E-state index >= 15 is 0 Å². The molecule has 1 aromatic heterocycles. The number of halogens is 1. The summed E-state index contributed by atoms with van der Waals surface area (Å²) < 4.78 is 24.4. The van der Waals surface area contributed by atoms with Crippen LogP contribution in [0.4, 0.5) is 4.39 Å². The fourth-order valence-corrected chi connectivity index (χ4v) is 2.82. The molecule has 23 heavy (non-hydrogen) atoms. The predicted octanol–water partition coefficient (Wildman–Crippen LogP) is 2.26. The molecule has 0 saturated carbocycles. The summed E-state index contributed by atoms with van der Waals surface area (Å²) in [5.41, 5.74) is 0.245. The molecule has 0 radical (unpaired) electrons. The van der Waals surface area contributed by atoms with Crippen molar-refractivity contribution >= 4 is 17.7 Å². The summed E-state index contributed by atoms with van der Waals surface area (Å²) in [7, 11) is 0. The van der Waals surface area contributed by atoms with Gasteiger partial charge < -0.3 is 14.5 Å². The molecule has 0 bridgehead atoms. The van der Waals surface area contributed by atoms with E-state index in [1.165, 1.54) is 6.07 Å². The van der Waals surface area contributed by atoms with Crippen LogP contribution in [0.3, 0.4) is 0 Å².